The molecule has 0 rings (SSSR count). The molecule has 0 radical (unpaired) electrons. The second-order valence-corrected chi connectivity index (χ2v) is 1.72. The third-order valence-corrected chi connectivity index (χ3v) is 0.842. The Morgan fingerprint density at radius 1 is 1.75 bits per heavy atom. The van der Waals surface area contributed by atoms with E-state index in [4.69, 9.17) is 11.6 Å². The molecule has 8 heavy (non-hydrogen) atoms. The Kier molecular flexibility index (Phi) is 5.32. The number of carbonyl (C=O) groups is 1. The number of carbonyl (C=O) groups excluding carboxylic acids is 1. The first kappa shape index (κ1) is 8.11. The maximum Gasteiger partial charge on any atom is 0.307 e. The van der Waals surface area contributed by atoms with Gasteiger partial charge in [-0.05, 0) is 0 Å². The summed E-state index contributed by atoms with van der Waals surface area (Å²) in [7, 11) is 0. The highest BCUT2D eigenvalue weighted by molar-refractivity contribution is 7.80. The van der Waals surface area contributed by atoms with Crippen LogP contribution in [0.1, 0.15) is 6.42 Å². The fraction of sp³-hybridized carbons (Fsp3) is 0.750. The van der Waals surface area contributed by atoms with E-state index in [0.717, 1.165) is 0 Å². The molecule has 0 saturated heterocycles. The lowest BCUT2D eigenvalue weighted by Crippen LogP contribution is -2.02. The molecule has 0 aromatic rings. The molecule has 0 saturated carbocycles. The van der Waals surface area contributed by atoms with Crippen molar-refractivity contribution in [1.82, 2.24) is 0 Å². The summed E-state index contributed by atoms with van der Waals surface area (Å²) in [5, 5.41) is 0. The molecule has 2 nitrogen and oxygen atoms in total. The minimum absolute atomic E-state index is 0.135. The number of hydrogen-bond acceptors (Lipinski definition) is 3. The van der Waals surface area contributed by atoms with Gasteiger partial charge in [-0.15, -0.1) is 24.2 Å². The van der Waals surface area contributed by atoms with Crippen molar-refractivity contribution in [2.24, 2.45) is 0 Å². The normalized spacial score (nSPS) is 8.75. The van der Waals surface area contributed by atoms with Crippen molar-refractivity contribution in [2.45, 2.75) is 6.42 Å². The van der Waals surface area contributed by atoms with Crippen molar-refractivity contribution in [2.75, 3.05) is 11.8 Å². The number of alkyl halides is 1. The van der Waals surface area contributed by atoms with Crippen LogP contribution in [0.3, 0.4) is 0 Å². The zero-order chi connectivity index (χ0) is 6.41. The van der Waals surface area contributed by atoms with E-state index in [-0.39, 0.29) is 18.3 Å². The summed E-state index contributed by atoms with van der Waals surface area (Å²) in [6, 6.07) is 0. The fourth-order valence-electron chi connectivity index (χ4n) is 0.221. The topological polar surface area (TPSA) is 26.3 Å². The van der Waals surface area contributed by atoms with Crippen LogP contribution >= 0.6 is 24.2 Å². The van der Waals surface area contributed by atoms with Crippen LogP contribution in [-0.2, 0) is 9.53 Å². The molecule has 0 fully saturated rings. The first-order valence-corrected chi connectivity index (χ1v) is 3.30. The van der Waals surface area contributed by atoms with Crippen LogP contribution in [0.2, 0.25) is 0 Å². The smallest absolute Gasteiger partial charge is 0.307 e. The van der Waals surface area contributed by atoms with E-state index in [1.54, 1.807) is 0 Å². The van der Waals surface area contributed by atoms with Crippen LogP contribution in [0.25, 0.3) is 0 Å². The van der Waals surface area contributed by atoms with E-state index in [1.165, 1.54) is 0 Å². The van der Waals surface area contributed by atoms with Gasteiger partial charge < -0.3 is 4.74 Å². The van der Waals surface area contributed by atoms with Gasteiger partial charge in [-0.1, -0.05) is 0 Å². The quantitative estimate of drug-likeness (QED) is 0.285. The van der Waals surface area contributed by atoms with Gasteiger partial charge in [0.1, 0.15) is 5.94 Å². The second-order valence-electron chi connectivity index (χ2n) is 1.08. The Morgan fingerprint density at radius 2 is 2.38 bits per heavy atom. The summed E-state index contributed by atoms with van der Waals surface area (Å²) in [6.07, 6.45) is 0.266. The molecule has 0 aromatic heterocycles. The molecule has 0 spiro atoms. The Morgan fingerprint density at radius 3 is 2.75 bits per heavy atom. The minimum Gasteiger partial charge on any atom is -0.455 e. The van der Waals surface area contributed by atoms with Gasteiger partial charge in [0.2, 0.25) is 0 Å². The highest BCUT2D eigenvalue weighted by atomic mass is 35.5. The molecule has 0 bridgehead atoms. The molecule has 0 N–H and O–H groups in total. The third-order valence-electron chi connectivity index (χ3n) is 0.524. The highest BCUT2D eigenvalue weighted by Gasteiger charge is 1.96. The lowest BCUT2D eigenvalue weighted by molar-refractivity contribution is -0.140. The number of esters is 1. The predicted molar refractivity (Wildman–Crippen MR) is 35.3 cm³/mol. The minimum atomic E-state index is -0.296. The number of rotatable bonds is 3. The molecule has 0 heterocycles. The zero-order valence-corrected chi connectivity index (χ0v) is 5.91. The Labute approximate surface area is 58.6 Å². The van der Waals surface area contributed by atoms with Gasteiger partial charge in [0, 0.05) is 5.88 Å². The largest absolute Gasteiger partial charge is 0.455 e. The summed E-state index contributed by atoms with van der Waals surface area (Å²) < 4.78 is 4.42. The fourth-order valence-corrected chi connectivity index (χ4v) is 0.520. The third kappa shape index (κ3) is 4.27. The molecule has 0 aliphatic carbocycles. The highest BCUT2D eigenvalue weighted by Crippen LogP contribution is 1.89. The molecule has 0 aliphatic heterocycles. The summed E-state index contributed by atoms with van der Waals surface area (Å²) in [5.74, 6) is 0.150. The van der Waals surface area contributed by atoms with Crippen LogP contribution in [0.4, 0.5) is 0 Å². The maximum absolute atomic E-state index is 10.3. The molecule has 0 amide bonds. The zero-order valence-electron chi connectivity index (χ0n) is 4.26. The molecule has 48 valence electrons. The molecule has 0 atom stereocenters. The molecule has 0 aliphatic rings. The molecular weight excluding hydrogens is 148 g/mol. The molecule has 0 unspecified atom stereocenters. The van der Waals surface area contributed by atoms with Crippen LogP contribution in [-0.4, -0.2) is 17.8 Å². The van der Waals surface area contributed by atoms with Crippen LogP contribution in [0.15, 0.2) is 0 Å². The van der Waals surface area contributed by atoms with Gasteiger partial charge in [-0.3, -0.25) is 4.79 Å². The Balaban J connectivity index is 3.06. The first-order chi connectivity index (χ1) is 3.81. The van der Waals surface area contributed by atoms with E-state index in [9.17, 15) is 4.79 Å². The molecular formula is C4H7ClO2S. The van der Waals surface area contributed by atoms with E-state index < -0.39 is 0 Å². The Bertz CT molecular complexity index is 68.4. The van der Waals surface area contributed by atoms with Crippen molar-refractivity contribution in [3.05, 3.63) is 0 Å². The van der Waals surface area contributed by atoms with E-state index in [2.05, 4.69) is 17.4 Å². The van der Waals surface area contributed by atoms with Crippen molar-refractivity contribution in [1.29, 1.82) is 0 Å². The van der Waals surface area contributed by atoms with Gasteiger partial charge in [0.05, 0.1) is 6.42 Å². The van der Waals surface area contributed by atoms with Crippen LogP contribution in [0, 0.1) is 0 Å². The van der Waals surface area contributed by atoms with Crippen molar-refractivity contribution in [3.8, 4) is 0 Å². The van der Waals surface area contributed by atoms with E-state index in [1.807, 2.05) is 0 Å². The summed E-state index contributed by atoms with van der Waals surface area (Å²) in [6.45, 7) is 0. The number of thiol groups is 1. The number of halogens is 1. The van der Waals surface area contributed by atoms with Gasteiger partial charge >= 0.3 is 5.97 Å². The van der Waals surface area contributed by atoms with E-state index in [0.29, 0.717) is 5.88 Å². The van der Waals surface area contributed by atoms with E-state index >= 15 is 0 Å². The van der Waals surface area contributed by atoms with Crippen molar-refractivity contribution >= 4 is 30.2 Å². The average molecular weight is 155 g/mol. The standard InChI is InChI=1S/C4H7ClO2S/c5-2-1-4(6)7-3-8/h8H,1-3H2. The Hall–Kier alpha value is 0.110. The number of ether oxygens (including phenoxy) is 1. The first-order valence-electron chi connectivity index (χ1n) is 2.13. The second kappa shape index (κ2) is 5.25. The maximum atomic E-state index is 10.3. The summed E-state index contributed by atoms with van der Waals surface area (Å²) in [4.78, 5) is 10.3. The van der Waals surface area contributed by atoms with Gasteiger partial charge in [0.25, 0.3) is 0 Å². The number of hydrogen-bond donors (Lipinski definition) is 1. The monoisotopic (exact) mass is 154 g/mol. The lowest BCUT2D eigenvalue weighted by atomic mass is 10.5. The van der Waals surface area contributed by atoms with Crippen LogP contribution < -0.4 is 0 Å². The van der Waals surface area contributed by atoms with Crippen molar-refractivity contribution in [3.63, 3.8) is 0 Å². The van der Waals surface area contributed by atoms with Crippen LogP contribution in [0.5, 0.6) is 0 Å². The average Bonchev–Trinajstić information content (AvgIpc) is 1.68. The predicted octanol–water partition coefficient (Wildman–Crippen LogP) is 1.05. The lowest BCUT2D eigenvalue weighted by Gasteiger charge is -1.95. The van der Waals surface area contributed by atoms with Gasteiger partial charge in [-0.25, -0.2) is 0 Å². The molecule has 4 heteroatoms. The SMILES string of the molecule is O=C(CCCl)OCS. The van der Waals surface area contributed by atoms with Gasteiger partial charge in [0.15, 0.2) is 0 Å². The van der Waals surface area contributed by atoms with Crippen molar-refractivity contribution < 1.29 is 9.53 Å². The van der Waals surface area contributed by atoms with Gasteiger partial charge in [-0.2, -0.15) is 0 Å². The molecule has 0 aromatic carbocycles. The summed E-state index contributed by atoms with van der Waals surface area (Å²) >= 11 is 8.87. The summed E-state index contributed by atoms with van der Waals surface area (Å²) in [5.41, 5.74) is 0.